The molecule has 4 heterocycles. The first-order chi connectivity index (χ1) is 13.4. The van der Waals surface area contributed by atoms with Gasteiger partial charge in [0.25, 0.3) is 5.91 Å². The van der Waals surface area contributed by atoms with Crippen LogP contribution in [-0.4, -0.2) is 38.2 Å². The molecule has 3 aromatic rings. The molecule has 2 N–H and O–H groups in total. The van der Waals surface area contributed by atoms with Crippen LogP contribution in [0.5, 0.6) is 0 Å². The smallest absolute Gasteiger partial charge is 0.272 e. The largest absolute Gasteiger partial charge is 0.346 e. The number of carbonyl (C=O) groups is 3. The van der Waals surface area contributed by atoms with Gasteiger partial charge in [-0.3, -0.25) is 14.4 Å². The zero-order valence-corrected chi connectivity index (χ0v) is 16.2. The molecule has 8 nitrogen and oxygen atoms in total. The van der Waals surface area contributed by atoms with E-state index in [1.165, 1.54) is 17.6 Å². The van der Waals surface area contributed by atoms with Crippen molar-refractivity contribution in [3.8, 4) is 0 Å². The molecule has 28 heavy (non-hydrogen) atoms. The number of aromatic nitrogens is 3. The molecule has 0 bridgehead atoms. The minimum atomic E-state index is -0.336. The van der Waals surface area contributed by atoms with Crippen molar-refractivity contribution in [1.29, 1.82) is 0 Å². The zero-order valence-electron chi connectivity index (χ0n) is 15.4. The third-order valence-corrected chi connectivity index (χ3v) is 5.86. The van der Waals surface area contributed by atoms with E-state index in [9.17, 15) is 14.4 Å². The van der Waals surface area contributed by atoms with E-state index in [0.29, 0.717) is 29.7 Å². The summed E-state index contributed by atoms with van der Waals surface area (Å²) in [5.41, 5.74) is 1.82. The molecule has 0 aliphatic carbocycles. The van der Waals surface area contributed by atoms with Crippen molar-refractivity contribution in [3.63, 3.8) is 0 Å². The SMILES string of the molecule is CC(=O)c1cnc2cc(C(=O)N[C@@H]3CCC(=O)N[C@H]3c3cccs3)nn2c1C. The second kappa shape index (κ2) is 7.16. The molecule has 0 saturated carbocycles. The van der Waals surface area contributed by atoms with Crippen LogP contribution in [0.25, 0.3) is 5.65 Å². The van der Waals surface area contributed by atoms with E-state index in [-0.39, 0.29) is 35.4 Å². The average Bonchev–Trinajstić information content (AvgIpc) is 3.33. The number of Topliss-reactive ketones (excluding diaryl/α,β-unsaturated/α-hetero) is 1. The highest BCUT2D eigenvalue weighted by atomic mass is 32.1. The Hall–Kier alpha value is -3.07. The van der Waals surface area contributed by atoms with Crippen LogP contribution in [-0.2, 0) is 4.79 Å². The predicted octanol–water partition coefficient (Wildman–Crippen LogP) is 2.05. The lowest BCUT2D eigenvalue weighted by Crippen LogP contribution is -2.49. The molecule has 3 aromatic heterocycles. The summed E-state index contributed by atoms with van der Waals surface area (Å²) in [5.74, 6) is -0.463. The van der Waals surface area contributed by atoms with Crippen molar-refractivity contribution < 1.29 is 14.4 Å². The number of fused-ring (bicyclic) bond motifs is 1. The van der Waals surface area contributed by atoms with Crippen LogP contribution in [0.2, 0.25) is 0 Å². The van der Waals surface area contributed by atoms with Gasteiger partial charge in [0.1, 0.15) is 0 Å². The highest BCUT2D eigenvalue weighted by Gasteiger charge is 2.32. The van der Waals surface area contributed by atoms with E-state index < -0.39 is 0 Å². The lowest BCUT2D eigenvalue weighted by Gasteiger charge is -2.32. The highest BCUT2D eigenvalue weighted by Crippen LogP contribution is 2.27. The van der Waals surface area contributed by atoms with Crippen LogP contribution < -0.4 is 10.6 Å². The quantitative estimate of drug-likeness (QED) is 0.656. The Kier molecular flexibility index (Phi) is 4.68. The lowest BCUT2D eigenvalue weighted by molar-refractivity contribution is -0.123. The maximum atomic E-state index is 12.8. The number of piperidine rings is 1. The van der Waals surface area contributed by atoms with Gasteiger partial charge in [-0.1, -0.05) is 6.07 Å². The number of thiophene rings is 1. The van der Waals surface area contributed by atoms with Gasteiger partial charge in [0.05, 0.1) is 23.3 Å². The predicted molar refractivity (Wildman–Crippen MR) is 103 cm³/mol. The molecule has 1 fully saturated rings. The summed E-state index contributed by atoms with van der Waals surface area (Å²) in [6.07, 6.45) is 2.42. The topological polar surface area (TPSA) is 105 Å². The van der Waals surface area contributed by atoms with Gasteiger partial charge in [-0.25, -0.2) is 9.50 Å². The molecule has 9 heteroatoms. The molecule has 1 saturated heterocycles. The summed E-state index contributed by atoms with van der Waals surface area (Å²) in [6.45, 7) is 3.23. The molecule has 1 aliphatic rings. The van der Waals surface area contributed by atoms with E-state index in [2.05, 4.69) is 20.7 Å². The lowest BCUT2D eigenvalue weighted by atomic mass is 9.96. The minimum Gasteiger partial charge on any atom is -0.346 e. The van der Waals surface area contributed by atoms with Gasteiger partial charge in [-0.15, -0.1) is 11.3 Å². The van der Waals surface area contributed by atoms with Crippen LogP contribution in [0.15, 0.2) is 29.8 Å². The standard InChI is InChI=1S/C19H19N5O3S/c1-10-12(11(2)25)9-20-16-8-14(23-24(10)16)19(27)21-13-5-6-17(26)22-18(13)15-4-3-7-28-15/h3-4,7-9,13,18H,5-6H2,1-2H3,(H,21,27)(H,22,26)/t13-,18-/m1/s1. The fourth-order valence-corrected chi connectivity index (χ4v) is 4.28. The molecular formula is C19H19N5O3S. The summed E-state index contributed by atoms with van der Waals surface area (Å²) in [6, 6.07) is 4.97. The van der Waals surface area contributed by atoms with E-state index >= 15 is 0 Å². The third-order valence-electron chi connectivity index (χ3n) is 4.90. The number of nitrogens with zero attached hydrogens (tertiary/aromatic N) is 3. The molecule has 0 unspecified atom stereocenters. The third kappa shape index (κ3) is 3.29. The van der Waals surface area contributed by atoms with E-state index in [1.54, 1.807) is 24.3 Å². The van der Waals surface area contributed by atoms with Crippen molar-refractivity contribution in [2.45, 2.75) is 38.8 Å². The number of amides is 2. The maximum Gasteiger partial charge on any atom is 0.272 e. The fraction of sp³-hybridized carbons (Fsp3) is 0.316. The molecule has 4 rings (SSSR count). The van der Waals surface area contributed by atoms with Crippen LogP contribution in [0.1, 0.15) is 57.2 Å². The van der Waals surface area contributed by atoms with Gasteiger partial charge in [-0.2, -0.15) is 5.10 Å². The second-order valence-corrected chi connectivity index (χ2v) is 7.77. The van der Waals surface area contributed by atoms with Crippen molar-refractivity contribution in [2.24, 2.45) is 0 Å². The van der Waals surface area contributed by atoms with Crippen molar-refractivity contribution in [2.75, 3.05) is 0 Å². The summed E-state index contributed by atoms with van der Waals surface area (Å²) in [5, 5.41) is 12.2. The molecule has 2 amide bonds. The molecule has 1 aliphatic heterocycles. The number of carbonyl (C=O) groups excluding carboxylic acids is 3. The van der Waals surface area contributed by atoms with Crippen molar-refractivity contribution in [1.82, 2.24) is 25.2 Å². The molecule has 0 aromatic carbocycles. The molecule has 144 valence electrons. The van der Waals surface area contributed by atoms with Gasteiger partial charge < -0.3 is 10.6 Å². The number of ketones is 1. The van der Waals surface area contributed by atoms with E-state index in [4.69, 9.17) is 0 Å². The van der Waals surface area contributed by atoms with Crippen LogP contribution in [0, 0.1) is 6.92 Å². The Balaban J connectivity index is 1.60. The average molecular weight is 397 g/mol. The Morgan fingerprint density at radius 3 is 2.93 bits per heavy atom. The number of aryl methyl sites for hydroxylation is 1. The normalized spacial score (nSPS) is 19.4. The summed E-state index contributed by atoms with van der Waals surface area (Å²) < 4.78 is 1.51. The van der Waals surface area contributed by atoms with E-state index in [1.807, 2.05) is 17.5 Å². The number of hydrogen-bond donors (Lipinski definition) is 2. The monoisotopic (exact) mass is 397 g/mol. The number of hydrogen-bond acceptors (Lipinski definition) is 6. The second-order valence-electron chi connectivity index (χ2n) is 6.79. The fourth-order valence-electron chi connectivity index (χ4n) is 3.44. The van der Waals surface area contributed by atoms with Gasteiger partial charge in [-0.05, 0) is 31.7 Å². The highest BCUT2D eigenvalue weighted by molar-refractivity contribution is 7.10. The molecular weight excluding hydrogens is 378 g/mol. The zero-order chi connectivity index (χ0) is 19.8. The first-order valence-corrected chi connectivity index (χ1v) is 9.82. The molecule has 0 spiro atoms. The molecule has 2 atom stereocenters. The van der Waals surface area contributed by atoms with Gasteiger partial charge in [0.15, 0.2) is 17.1 Å². The van der Waals surface area contributed by atoms with Gasteiger partial charge >= 0.3 is 0 Å². The molecule has 0 radical (unpaired) electrons. The summed E-state index contributed by atoms with van der Waals surface area (Å²) >= 11 is 1.54. The van der Waals surface area contributed by atoms with Crippen molar-refractivity contribution >= 4 is 34.6 Å². The van der Waals surface area contributed by atoms with E-state index in [0.717, 1.165) is 4.88 Å². The van der Waals surface area contributed by atoms with Crippen LogP contribution in [0.4, 0.5) is 0 Å². The van der Waals surface area contributed by atoms with Gasteiger partial charge in [0, 0.05) is 23.6 Å². The number of rotatable bonds is 4. The first-order valence-electron chi connectivity index (χ1n) is 8.94. The van der Waals surface area contributed by atoms with Crippen LogP contribution in [0.3, 0.4) is 0 Å². The Morgan fingerprint density at radius 2 is 2.21 bits per heavy atom. The minimum absolute atomic E-state index is 0.0202. The van der Waals surface area contributed by atoms with Gasteiger partial charge in [0.2, 0.25) is 5.91 Å². The maximum absolute atomic E-state index is 12.8. The Morgan fingerprint density at radius 1 is 1.39 bits per heavy atom. The number of nitrogens with one attached hydrogen (secondary N) is 2. The summed E-state index contributed by atoms with van der Waals surface area (Å²) in [7, 11) is 0. The Labute approximate surface area is 165 Å². The first kappa shape index (κ1) is 18.3. The van der Waals surface area contributed by atoms with Crippen molar-refractivity contribution in [3.05, 3.63) is 51.6 Å². The van der Waals surface area contributed by atoms with Crippen LogP contribution >= 0.6 is 11.3 Å². The Bertz CT molecular complexity index is 1070. The summed E-state index contributed by atoms with van der Waals surface area (Å²) in [4.78, 5) is 41.6.